The van der Waals surface area contributed by atoms with E-state index in [1.807, 2.05) is 0 Å². The minimum absolute atomic E-state index is 0. The van der Waals surface area contributed by atoms with E-state index >= 15 is 0 Å². The Kier molecular flexibility index (Phi) is 47.7. The van der Waals surface area contributed by atoms with Gasteiger partial charge in [0.25, 0.3) is 0 Å². The molecule has 0 aromatic carbocycles. The molecular weight excluding hydrogens is 318 g/mol. The van der Waals surface area contributed by atoms with Crippen molar-refractivity contribution >= 4 is 11.8 Å². The van der Waals surface area contributed by atoms with Gasteiger partial charge < -0.3 is 61.1 Å². The van der Waals surface area contributed by atoms with Crippen molar-refractivity contribution in [2.75, 3.05) is 26.2 Å². The summed E-state index contributed by atoms with van der Waals surface area (Å²) in [5.41, 5.74) is 21.3. The number of amides is 2. The van der Waals surface area contributed by atoms with Crippen molar-refractivity contribution in [2.45, 2.75) is 12.8 Å². The smallest absolute Gasteiger partial charge is 0.225 e. The molecule has 0 aromatic heterocycles. The van der Waals surface area contributed by atoms with Crippen molar-refractivity contribution in [3.8, 4) is 0 Å². The average Bonchev–Trinajstić information content (AvgIpc) is 2.30. The first-order valence-corrected chi connectivity index (χ1v) is 5.74. The molecule has 0 aromatic rings. The number of nitrogens with one attached hydrogen (secondary N) is 1. The summed E-state index contributed by atoms with van der Waals surface area (Å²) in [5, 5.41) is 2.71. The van der Waals surface area contributed by atoms with Crippen LogP contribution in [0.5, 0.6) is 0 Å². The van der Waals surface area contributed by atoms with E-state index in [0.29, 0.717) is 19.4 Å². The van der Waals surface area contributed by atoms with Gasteiger partial charge in [-0.25, -0.2) is 0 Å². The summed E-state index contributed by atoms with van der Waals surface area (Å²) >= 11 is 0. The molecule has 1 unspecified atom stereocenters. The SMILES string of the molecule is NCC(CCCNC(=O)C(CN)CN)C(N)=O.O.O.O.O.O.O. The topological polar surface area (TPSA) is 339 Å². The van der Waals surface area contributed by atoms with E-state index in [1.165, 1.54) is 0 Å². The lowest BCUT2D eigenvalue weighted by atomic mass is 10.0. The molecule has 13 nitrogen and oxygen atoms in total. The normalized spacial score (nSPS) is 9.22. The summed E-state index contributed by atoms with van der Waals surface area (Å²) in [6.45, 7) is 1.17. The first kappa shape index (κ1) is 43.0. The van der Waals surface area contributed by atoms with Gasteiger partial charge in [0, 0.05) is 32.1 Å². The molecule has 0 aliphatic rings. The molecule has 0 spiro atoms. The second-order valence-corrected chi connectivity index (χ2v) is 3.94. The molecule has 0 aliphatic carbocycles. The van der Waals surface area contributed by atoms with Crippen LogP contribution in [-0.2, 0) is 9.59 Å². The van der Waals surface area contributed by atoms with Crippen molar-refractivity contribution in [3.05, 3.63) is 0 Å². The second-order valence-electron chi connectivity index (χ2n) is 3.94. The van der Waals surface area contributed by atoms with Crippen LogP contribution in [0.3, 0.4) is 0 Å². The first-order valence-electron chi connectivity index (χ1n) is 5.74. The maximum Gasteiger partial charge on any atom is 0.225 e. The van der Waals surface area contributed by atoms with Crippen molar-refractivity contribution < 1.29 is 42.4 Å². The van der Waals surface area contributed by atoms with Crippen LogP contribution < -0.4 is 28.3 Å². The summed E-state index contributed by atoms with van der Waals surface area (Å²) in [7, 11) is 0. The number of rotatable bonds is 9. The molecule has 0 bridgehead atoms. The van der Waals surface area contributed by atoms with E-state index in [1.54, 1.807) is 0 Å². The fourth-order valence-corrected chi connectivity index (χ4v) is 1.39. The van der Waals surface area contributed by atoms with Gasteiger partial charge in [0.15, 0.2) is 0 Å². The molecular formula is C10H35N5O8. The Morgan fingerprint density at radius 2 is 1.17 bits per heavy atom. The van der Waals surface area contributed by atoms with Gasteiger partial charge in [-0.15, -0.1) is 0 Å². The van der Waals surface area contributed by atoms with E-state index in [9.17, 15) is 9.59 Å². The summed E-state index contributed by atoms with van der Waals surface area (Å²) in [6, 6.07) is 0. The van der Waals surface area contributed by atoms with Gasteiger partial charge in [-0.3, -0.25) is 9.59 Å². The summed E-state index contributed by atoms with van der Waals surface area (Å²) in [4.78, 5) is 22.3. The van der Waals surface area contributed by atoms with Crippen molar-refractivity contribution in [1.82, 2.24) is 5.32 Å². The third kappa shape index (κ3) is 18.5. The van der Waals surface area contributed by atoms with Crippen molar-refractivity contribution in [1.29, 1.82) is 0 Å². The lowest BCUT2D eigenvalue weighted by Gasteiger charge is -2.14. The number of hydrogen-bond acceptors (Lipinski definition) is 5. The Morgan fingerprint density at radius 3 is 1.48 bits per heavy atom. The quantitative estimate of drug-likeness (QED) is 0.251. The number of carbonyl (C=O) groups is 2. The molecule has 0 heterocycles. The Morgan fingerprint density at radius 1 is 0.783 bits per heavy atom. The van der Waals surface area contributed by atoms with Gasteiger partial charge in [-0.2, -0.15) is 0 Å². The predicted molar refractivity (Wildman–Crippen MR) is 87.3 cm³/mol. The maximum atomic E-state index is 11.5. The fourth-order valence-electron chi connectivity index (χ4n) is 1.39. The van der Waals surface area contributed by atoms with Crippen molar-refractivity contribution in [2.24, 2.45) is 34.8 Å². The van der Waals surface area contributed by atoms with Crippen LogP contribution in [0.2, 0.25) is 0 Å². The van der Waals surface area contributed by atoms with Gasteiger partial charge in [0.05, 0.1) is 5.92 Å². The highest BCUT2D eigenvalue weighted by Crippen LogP contribution is 2.03. The molecule has 21 N–H and O–H groups in total. The second kappa shape index (κ2) is 25.5. The number of nitrogens with two attached hydrogens (primary N) is 4. The maximum absolute atomic E-state index is 11.5. The van der Waals surface area contributed by atoms with Crippen LogP contribution >= 0.6 is 0 Å². The standard InChI is InChI=1S/C10H23N5O2.6H2O/c11-4-7(9(14)16)2-1-3-15-10(17)8(5-12)6-13;;;;;;/h7-8H,1-6,11-13H2,(H2,14,16)(H,15,17);6*1H2. The van der Waals surface area contributed by atoms with Crippen LogP contribution in [0.4, 0.5) is 0 Å². The zero-order valence-electron chi connectivity index (χ0n) is 13.0. The van der Waals surface area contributed by atoms with Crippen LogP contribution in [0.1, 0.15) is 12.8 Å². The zero-order chi connectivity index (χ0) is 13.3. The van der Waals surface area contributed by atoms with E-state index in [0.717, 1.165) is 0 Å². The molecule has 2 amide bonds. The number of primary amides is 1. The largest absolute Gasteiger partial charge is 0.412 e. The highest BCUT2D eigenvalue weighted by Gasteiger charge is 2.15. The molecule has 0 aliphatic heterocycles. The van der Waals surface area contributed by atoms with Gasteiger partial charge in [0.2, 0.25) is 11.8 Å². The Hall–Kier alpha value is -1.42. The predicted octanol–water partition coefficient (Wildman–Crippen LogP) is -7.47. The van der Waals surface area contributed by atoms with Crippen LogP contribution in [0.25, 0.3) is 0 Å². The Labute approximate surface area is 134 Å². The van der Waals surface area contributed by atoms with Gasteiger partial charge in [-0.1, -0.05) is 0 Å². The third-order valence-corrected chi connectivity index (χ3v) is 2.66. The monoisotopic (exact) mass is 353 g/mol. The average molecular weight is 353 g/mol. The summed E-state index contributed by atoms with van der Waals surface area (Å²) < 4.78 is 0. The van der Waals surface area contributed by atoms with Gasteiger partial charge >= 0.3 is 0 Å². The zero-order valence-corrected chi connectivity index (χ0v) is 13.0. The lowest BCUT2D eigenvalue weighted by molar-refractivity contribution is -0.124. The Bertz CT molecular complexity index is 255. The van der Waals surface area contributed by atoms with E-state index in [4.69, 9.17) is 22.9 Å². The molecule has 0 radical (unpaired) electrons. The molecule has 0 saturated carbocycles. The fraction of sp³-hybridized carbons (Fsp3) is 0.800. The number of carbonyl (C=O) groups excluding carboxylic acids is 2. The summed E-state index contributed by atoms with van der Waals surface area (Å²) in [5.74, 6) is -1.23. The highest BCUT2D eigenvalue weighted by molar-refractivity contribution is 5.79. The molecule has 148 valence electrons. The van der Waals surface area contributed by atoms with Crippen LogP contribution in [0.15, 0.2) is 0 Å². The number of hydrogen-bond donors (Lipinski definition) is 5. The Balaban J connectivity index is -0.0000000853. The molecule has 0 fully saturated rings. The van der Waals surface area contributed by atoms with Crippen LogP contribution in [0, 0.1) is 11.8 Å². The van der Waals surface area contributed by atoms with E-state index in [-0.39, 0.29) is 70.2 Å². The van der Waals surface area contributed by atoms with E-state index < -0.39 is 5.91 Å². The minimum Gasteiger partial charge on any atom is -0.412 e. The molecule has 0 rings (SSSR count). The molecule has 23 heavy (non-hydrogen) atoms. The molecule has 0 saturated heterocycles. The summed E-state index contributed by atoms with van der Waals surface area (Å²) in [6.07, 6.45) is 1.22. The molecule has 13 heteroatoms. The first-order chi connectivity index (χ1) is 8.06. The van der Waals surface area contributed by atoms with Crippen LogP contribution in [-0.4, -0.2) is 70.9 Å². The van der Waals surface area contributed by atoms with Gasteiger partial charge in [-0.05, 0) is 12.8 Å². The lowest BCUT2D eigenvalue weighted by Crippen LogP contribution is -2.40. The molecule has 1 atom stereocenters. The third-order valence-electron chi connectivity index (χ3n) is 2.66. The van der Waals surface area contributed by atoms with Crippen molar-refractivity contribution in [3.63, 3.8) is 0 Å². The van der Waals surface area contributed by atoms with Gasteiger partial charge in [0.1, 0.15) is 0 Å². The highest BCUT2D eigenvalue weighted by atomic mass is 16.2. The van der Waals surface area contributed by atoms with E-state index in [2.05, 4.69) is 5.32 Å². The minimum atomic E-state index is -0.402.